The molecule has 0 aliphatic heterocycles. The lowest BCUT2D eigenvalue weighted by Crippen LogP contribution is -2.22. The number of rotatable bonds is 3. The second-order valence-corrected chi connectivity index (χ2v) is 7.29. The lowest BCUT2D eigenvalue weighted by molar-refractivity contribution is -0.123. The number of nitrogens with zero attached hydrogens (tertiary/aromatic N) is 1. The van der Waals surface area contributed by atoms with Crippen LogP contribution in [0.15, 0.2) is 21.7 Å². The third-order valence-corrected chi connectivity index (χ3v) is 5.72. The van der Waals surface area contributed by atoms with E-state index in [0.29, 0.717) is 16.0 Å². The second-order valence-electron chi connectivity index (χ2n) is 6.43. The van der Waals surface area contributed by atoms with E-state index < -0.39 is 0 Å². The van der Waals surface area contributed by atoms with Crippen molar-refractivity contribution in [1.82, 2.24) is 5.43 Å². The van der Waals surface area contributed by atoms with Crippen LogP contribution in [-0.2, 0) is 4.79 Å². The summed E-state index contributed by atoms with van der Waals surface area (Å²) in [5.74, 6) is 0.377. The summed E-state index contributed by atoms with van der Waals surface area (Å²) in [5.41, 5.74) is 3.15. The van der Waals surface area contributed by atoms with Crippen molar-refractivity contribution in [3.05, 3.63) is 22.2 Å². The number of halogens is 1. The van der Waals surface area contributed by atoms with E-state index in [1.165, 1.54) is 25.1 Å². The minimum absolute atomic E-state index is 0.0389. The van der Waals surface area contributed by atoms with Crippen molar-refractivity contribution >= 4 is 28.1 Å². The molecule has 0 unspecified atom stereocenters. The topological polar surface area (TPSA) is 81.9 Å². The predicted molar refractivity (Wildman–Crippen MR) is 86.8 cm³/mol. The largest absolute Gasteiger partial charge is 0.507 e. The Kier molecular flexibility index (Phi) is 3.89. The van der Waals surface area contributed by atoms with Crippen LogP contribution >= 0.6 is 15.9 Å². The first kappa shape index (κ1) is 15.3. The van der Waals surface area contributed by atoms with E-state index in [0.717, 1.165) is 12.8 Å². The van der Waals surface area contributed by atoms with Crippen molar-refractivity contribution < 1.29 is 15.0 Å². The van der Waals surface area contributed by atoms with Crippen LogP contribution in [0.5, 0.6) is 11.5 Å². The van der Waals surface area contributed by atoms with Gasteiger partial charge in [0.05, 0.1) is 10.7 Å². The fourth-order valence-corrected chi connectivity index (χ4v) is 4.12. The lowest BCUT2D eigenvalue weighted by atomic mass is 9.90. The van der Waals surface area contributed by atoms with Crippen LogP contribution in [0.25, 0.3) is 0 Å². The molecule has 3 N–H and O–H groups in total. The average molecular weight is 367 g/mol. The number of hydrogen-bond acceptors (Lipinski definition) is 4. The molecule has 3 rings (SSSR count). The molecule has 0 saturated heterocycles. The zero-order chi connectivity index (χ0) is 15.9. The molecule has 0 heterocycles. The van der Waals surface area contributed by atoms with Gasteiger partial charge in [-0.15, -0.1) is 0 Å². The van der Waals surface area contributed by atoms with Crippen molar-refractivity contribution in [1.29, 1.82) is 0 Å². The van der Waals surface area contributed by atoms with Gasteiger partial charge in [0.15, 0.2) is 0 Å². The van der Waals surface area contributed by atoms with E-state index in [-0.39, 0.29) is 28.7 Å². The van der Waals surface area contributed by atoms with Gasteiger partial charge in [-0.25, -0.2) is 5.43 Å². The Bertz CT molecular complexity index is 647. The van der Waals surface area contributed by atoms with Gasteiger partial charge in [0.2, 0.25) is 5.91 Å². The molecular weight excluding hydrogens is 348 g/mol. The Morgan fingerprint density at radius 1 is 1.41 bits per heavy atom. The molecule has 0 radical (unpaired) electrons. The van der Waals surface area contributed by atoms with Gasteiger partial charge >= 0.3 is 0 Å². The van der Waals surface area contributed by atoms with E-state index in [4.69, 9.17) is 0 Å². The minimum atomic E-state index is -0.0919. The number of carbonyl (C=O) groups excluding carboxylic acids is 1. The fourth-order valence-electron chi connectivity index (χ4n) is 3.76. The van der Waals surface area contributed by atoms with E-state index in [1.807, 2.05) is 0 Å². The number of benzene rings is 1. The van der Waals surface area contributed by atoms with Crippen LogP contribution in [0, 0.1) is 17.3 Å². The fraction of sp³-hybridized carbons (Fsp3) is 0.500. The maximum absolute atomic E-state index is 12.2. The highest BCUT2D eigenvalue weighted by Crippen LogP contribution is 2.66. The first-order valence-electron chi connectivity index (χ1n) is 7.48. The Morgan fingerprint density at radius 2 is 2.18 bits per heavy atom. The number of phenols is 2. The van der Waals surface area contributed by atoms with Gasteiger partial charge in [0.25, 0.3) is 0 Å². The summed E-state index contributed by atoms with van der Waals surface area (Å²) in [6.45, 7) is 2.19. The standard InChI is InChI=1S/C16H19BrN2O3/c1-16-5-3-2-4-10(16)14(16)15(22)19-18-8-9-6-11(17)13(21)7-12(9)20/h6-8,10,14,20-21H,2-5H2,1H3,(H,19,22)/b18-8-/t10-,14+,16+/m0/s1. The quantitative estimate of drug-likeness (QED) is 0.567. The van der Waals surface area contributed by atoms with Gasteiger partial charge in [-0.1, -0.05) is 19.8 Å². The van der Waals surface area contributed by atoms with Gasteiger partial charge in [0.1, 0.15) is 11.5 Å². The molecule has 1 amide bonds. The Labute approximate surface area is 137 Å². The third kappa shape index (κ3) is 2.60. The van der Waals surface area contributed by atoms with Crippen molar-refractivity contribution in [3.8, 4) is 11.5 Å². The summed E-state index contributed by atoms with van der Waals surface area (Å²) >= 11 is 3.17. The van der Waals surface area contributed by atoms with Crippen molar-refractivity contribution in [2.75, 3.05) is 0 Å². The summed E-state index contributed by atoms with van der Waals surface area (Å²) in [7, 11) is 0. The molecule has 3 atom stereocenters. The van der Waals surface area contributed by atoms with E-state index in [2.05, 4.69) is 33.4 Å². The molecule has 2 aliphatic carbocycles. The summed E-state index contributed by atoms with van der Waals surface area (Å²) < 4.78 is 0.457. The van der Waals surface area contributed by atoms with E-state index in [1.54, 1.807) is 6.07 Å². The molecule has 0 bridgehead atoms. The molecule has 118 valence electrons. The monoisotopic (exact) mass is 366 g/mol. The van der Waals surface area contributed by atoms with Gasteiger partial charge in [0, 0.05) is 17.5 Å². The molecule has 6 heteroatoms. The number of hydrogen-bond donors (Lipinski definition) is 3. The highest BCUT2D eigenvalue weighted by atomic mass is 79.9. The summed E-state index contributed by atoms with van der Waals surface area (Å²) in [5, 5.41) is 23.1. The molecule has 2 saturated carbocycles. The van der Waals surface area contributed by atoms with Crippen LogP contribution in [0.2, 0.25) is 0 Å². The molecular formula is C16H19BrN2O3. The molecule has 5 nitrogen and oxygen atoms in total. The van der Waals surface area contributed by atoms with E-state index in [9.17, 15) is 15.0 Å². The molecule has 1 aromatic rings. The zero-order valence-corrected chi connectivity index (χ0v) is 13.9. The normalized spacial score (nSPS) is 30.1. The van der Waals surface area contributed by atoms with Gasteiger partial charge in [-0.2, -0.15) is 5.10 Å². The van der Waals surface area contributed by atoms with Crippen LogP contribution in [-0.4, -0.2) is 22.3 Å². The number of nitrogens with one attached hydrogen (secondary N) is 1. The summed E-state index contributed by atoms with van der Waals surface area (Å²) in [6, 6.07) is 2.77. The number of phenolic OH excluding ortho intramolecular Hbond substituents is 2. The summed E-state index contributed by atoms with van der Waals surface area (Å²) in [4.78, 5) is 12.2. The molecule has 0 spiro atoms. The maximum atomic E-state index is 12.2. The van der Waals surface area contributed by atoms with E-state index >= 15 is 0 Å². The Hall–Kier alpha value is -1.56. The second kappa shape index (κ2) is 5.57. The molecule has 1 aromatic carbocycles. The Morgan fingerprint density at radius 3 is 2.86 bits per heavy atom. The number of fused-ring (bicyclic) bond motifs is 1. The lowest BCUT2D eigenvalue weighted by Gasteiger charge is -2.15. The number of hydrazone groups is 1. The van der Waals surface area contributed by atoms with Crippen LogP contribution in [0.4, 0.5) is 0 Å². The highest BCUT2D eigenvalue weighted by molar-refractivity contribution is 9.10. The van der Waals surface area contributed by atoms with Crippen LogP contribution < -0.4 is 5.43 Å². The third-order valence-electron chi connectivity index (χ3n) is 5.09. The highest BCUT2D eigenvalue weighted by Gasteiger charge is 2.64. The molecule has 2 fully saturated rings. The minimum Gasteiger partial charge on any atom is -0.507 e. The molecule has 2 aliphatic rings. The Balaban J connectivity index is 1.63. The van der Waals surface area contributed by atoms with Crippen molar-refractivity contribution in [2.45, 2.75) is 32.6 Å². The zero-order valence-electron chi connectivity index (χ0n) is 12.3. The predicted octanol–water partition coefficient (Wildman–Crippen LogP) is 3.14. The smallest absolute Gasteiger partial charge is 0.244 e. The van der Waals surface area contributed by atoms with Crippen LogP contribution in [0.1, 0.15) is 38.2 Å². The maximum Gasteiger partial charge on any atom is 0.244 e. The van der Waals surface area contributed by atoms with Gasteiger partial charge in [-0.3, -0.25) is 4.79 Å². The van der Waals surface area contributed by atoms with Gasteiger partial charge < -0.3 is 10.2 Å². The SMILES string of the molecule is C[C@@]12CCCC[C@H]1[C@@H]2C(=O)N/N=C\c1cc(Br)c(O)cc1O. The average Bonchev–Trinajstić information content (AvgIpc) is 3.10. The first-order valence-corrected chi connectivity index (χ1v) is 8.27. The van der Waals surface area contributed by atoms with Gasteiger partial charge in [-0.05, 0) is 46.2 Å². The molecule has 0 aromatic heterocycles. The number of amides is 1. The molecule has 22 heavy (non-hydrogen) atoms. The van der Waals surface area contributed by atoms with Crippen molar-refractivity contribution in [2.24, 2.45) is 22.4 Å². The number of aromatic hydroxyl groups is 2. The van der Waals surface area contributed by atoms with Crippen LogP contribution in [0.3, 0.4) is 0 Å². The number of carbonyl (C=O) groups is 1. The summed E-state index contributed by atoms with van der Waals surface area (Å²) in [6.07, 6.45) is 6.04. The van der Waals surface area contributed by atoms with Crippen molar-refractivity contribution in [3.63, 3.8) is 0 Å². The first-order chi connectivity index (χ1) is 10.4.